The van der Waals surface area contributed by atoms with Crippen molar-refractivity contribution in [2.75, 3.05) is 26.2 Å². The molecule has 0 bridgehead atoms. The summed E-state index contributed by atoms with van der Waals surface area (Å²) < 4.78 is 0. The molecule has 2 amide bonds. The first-order valence-corrected chi connectivity index (χ1v) is 9.34. The molecule has 7 heteroatoms. The van der Waals surface area contributed by atoms with Crippen molar-refractivity contribution in [3.8, 4) is 0 Å². The first kappa shape index (κ1) is 16.1. The third kappa shape index (κ3) is 3.83. The van der Waals surface area contributed by atoms with Crippen LogP contribution in [0.25, 0.3) is 10.9 Å². The average Bonchev–Trinajstić information content (AvgIpc) is 3.31. The molecule has 0 unspecified atom stereocenters. The molecular weight excluding hydrogens is 334 g/mol. The topological polar surface area (TPSA) is 64.3 Å². The van der Waals surface area contributed by atoms with E-state index >= 15 is 0 Å². The summed E-state index contributed by atoms with van der Waals surface area (Å²) in [6.07, 6.45) is 3.77. The molecule has 0 spiro atoms. The standard InChI is InChI=1S/C18H21N5OS/c24-18(21-11-16-10-19-13-25-16)23-7-5-22(6-8-23)12-14-1-2-15-3-4-20-17(15)9-14/h1-4,9-10,13,20H,5-8,11-12H2,(H,21,24). The van der Waals surface area contributed by atoms with Gasteiger partial charge in [0.1, 0.15) is 0 Å². The number of fused-ring (bicyclic) bond motifs is 1. The quantitative estimate of drug-likeness (QED) is 0.756. The first-order chi connectivity index (χ1) is 12.3. The smallest absolute Gasteiger partial charge is 0.317 e. The number of carbonyl (C=O) groups excluding carboxylic acids is 1. The van der Waals surface area contributed by atoms with Crippen molar-refractivity contribution in [1.29, 1.82) is 0 Å². The molecule has 1 aromatic carbocycles. The van der Waals surface area contributed by atoms with Crippen molar-refractivity contribution in [3.05, 3.63) is 52.6 Å². The van der Waals surface area contributed by atoms with Crippen molar-refractivity contribution in [3.63, 3.8) is 0 Å². The summed E-state index contributed by atoms with van der Waals surface area (Å²) >= 11 is 1.56. The van der Waals surface area contributed by atoms with Gasteiger partial charge in [-0.1, -0.05) is 12.1 Å². The Hall–Kier alpha value is -2.38. The lowest BCUT2D eigenvalue weighted by atomic mass is 10.1. The van der Waals surface area contributed by atoms with E-state index in [0.29, 0.717) is 6.54 Å². The van der Waals surface area contributed by atoms with Crippen LogP contribution >= 0.6 is 11.3 Å². The van der Waals surface area contributed by atoms with E-state index in [2.05, 4.69) is 44.5 Å². The second-order valence-corrected chi connectivity index (χ2v) is 7.26. The van der Waals surface area contributed by atoms with Crippen LogP contribution in [-0.2, 0) is 13.1 Å². The molecule has 0 atom stereocenters. The largest absolute Gasteiger partial charge is 0.361 e. The van der Waals surface area contributed by atoms with Crippen LogP contribution in [0.15, 0.2) is 42.2 Å². The van der Waals surface area contributed by atoms with Crippen LogP contribution in [0.1, 0.15) is 10.4 Å². The third-order valence-electron chi connectivity index (χ3n) is 4.58. The van der Waals surface area contributed by atoms with Gasteiger partial charge in [-0.2, -0.15) is 0 Å². The van der Waals surface area contributed by atoms with Crippen LogP contribution in [-0.4, -0.2) is 52.0 Å². The summed E-state index contributed by atoms with van der Waals surface area (Å²) in [5, 5.41) is 4.21. The number of carbonyl (C=O) groups is 1. The van der Waals surface area contributed by atoms with E-state index in [0.717, 1.165) is 37.6 Å². The molecule has 3 heterocycles. The van der Waals surface area contributed by atoms with Crippen LogP contribution in [0.4, 0.5) is 4.79 Å². The van der Waals surface area contributed by atoms with Gasteiger partial charge in [-0.05, 0) is 23.1 Å². The minimum absolute atomic E-state index is 0.0147. The lowest BCUT2D eigenvalue weighted by Gasteiger charge is -2.34. The number of aromatic amines is 1. The van der Waals surface area contributed by atoms with Crippen molar-refractivity contribution in [2.45, 2.75) is 13.1 Å². The molecular formula is C18H21N5OS. The Balaban J connectivity index is 1.26. The molecule has 25 heavy (non-hydrogen) atoms. The normalized spacial score (nSPS) is 15.6. The van der Waals surface area contributed by atoms with Crippen molar-refractivity contribution < 1.29 is 4.79 Å². The number of amides is 2. The molecule has 4 rings (SSSR count). The first-order valence-electron chi connectivity index (χ1n) is 8.46. The number of aromatic nitrogens is 2. The highest BCUT2D eigenvalue weighted by Crippen LogP contribution is 2.16. The summed E-state index contributed by atoms with van der Waals surface area (Å²) in [7, 11) is 0. The summed E-state index contributed by atoms with van der Waals surface area (Å²) in [4.78, 5) is 24.9. The number of H-pyrrole nitrogens is 1. The van der Waals surface area contributed by atoms with E-state index < -0.39 is 0 Å². The zero-order valence-electron chi connectivity index (χ0n) is 13.9. The molecule has 2 aromatic heterocycles. The average molecular weight is 355 g/mol. The lowest BCUT2D eigenvalue weighted by molar-refractivity contribution is 0.135. The number of nitrogens with zero attached hydrogens (tertiary/aromatic N) is 3. The highest BCUT2D eigenvalue weighted by Gasteiger charge is 2.21. The predicted molar refractivity (Wildman–Crippen MR) is 99.5 cm³/mol. The highest BCUT2D eigenvalue weighted by molar-refractivity contribution is 7.09. The fourth-order valence-corrected chi connectivity index (χ4v) is 3.70. The number of hydrogen-bond donors (Lipinski definition) is 2. The molecule has 2 N–H and O–H groups in total. The van der Waals surface area contributed by atoms with Crippen LogP contribution < -0.4 is 5.32 Å². The molecule has 3 aromatic rings. The maximum absolute atomic E-state index is 12.3. The Labute approximate surface area is 150 Å². The zero-order valence-corrected chi connectivity index (χ0v) is 14.8. The van der Waals surface area contributed by atoms with E-state index in [1.807, 2.05) is 11.1 Å². The number of thiazole rings is 1. The summed E-state index contributed by atoms with van der Waals surface area (Å²) in [6.45, 7) is 4.80. The van der Waals surface area contributed by atoms with E-state index in [1.54, 1.807) is 23.0 Å². The fourth-order valence-electron chi connectivity index (χ4n) is 3.16. The second kappa shape index (κ2) is 7.25. The summed E-state index contributed by atoms with van der Waals surface area (Å²) in [5.74, 6) is 0. The molecule has 1 aliphatic rings. The van der Waals surface area contributed by atoms with Crippen LogP contribution in [0.3, 0.4) is 0 Å². The lowest BCUT2D eigenvalue weighted by Crippen LogP contribution is -2.51. The van der Waals surface area contributed by atoms with Gasteiger partial charge in [-0.25, -0.2) is 4.79 Å². The SMILES string of the molecule is O=C(NCc1cncs1)N1CCN(Cc2ccc3cc[nH]c3c2)CC1. The van der Waals surface area contributed by atoms with Gasteiger partial charge >= 0.3 is 6.03 Å². The van der Waals surface area contributed by atoms with E-state index in [9.17, 15) is 4.79 Å². The Morgan fingerprint density at radius 3 is 2.92 bits per heavy atom. The molecule has 0 radical (unpaired) electrons. The number of hydrogen-bond acceptors (Lipinski definition) is 4. The Morgan fingerprint density at radius 2 is 2.12 bits per heavy atom. The Bertz CT molecular complexity index is 836. The molecule has 1 saturated heterocycles. The highest BCUT2D eigenvalue weighted by atomic mass is 32.1. The maximum atomic E-state index is 12.3. The van der Waals surface area contributed by atoms with Crippen molar-refractivity contribution >= 4 is 28.3 Å². The third-order valence-corrected chi connectivity index (χ3v) is 5.36. The minimum atomic E-state index is 0.0147. The number of rotatable bonds is 4. The fraction of sp³-hybridized carbons (Fsp3) is 0.333. The molecule has 6 nitrogen and oxygen atoms in total. The molecule has 1 aliphatic heterocycles. The molecule has 130 valence electrons. The van der Waals surface area contributed by atoms with Gasteiger partial charge < -0.3 is 15.2 Å². The second-order valence-electron chi connectivity index (χ2n) is 6.29. The van der Waals surface area contributed by atoms with E-state index in [1.165, 1.54) is 16.5 Å². The number of urea groups is 1. The molecule has 0 aliphatic carbocycles. The van der Waals surface area contributed by atoms with Gasteiger partial charge in [0, 0.05) is 55.5 Å². The van der Waals surface area contributed by atoms with Gasteiger partial charge in [0.15, 0.2) is 0 Å². The number of benzene rings is 1. The van der Waals surface area contributed by atoms with Crippen LogP contribution in [0.5, 0.6) is 0 Å². The van der Waals surface area contributed by atoms with Crippen molar-refractivity contribution in [2.24, 2.45) is 0 Å². The zero-order chi connectivity index (χ0) is 17.1. The predicted octanol–water partition coefficient (Wildman–Crippen LogP) is 2.65. The Kier molecular flexibility index (Phi) is 4.67. The van der Waals surface area contributed by atoms with E-state index in [4.69, 9.17) is 0 Å². The Morgan fingerprint density at radius 1 is 1.24 bits per heavy atom. The van der Waals surface area contributed by atoms with Crippen LogP contribution in [0.2, 0.25) is 0 Å². The van der Waals surface area contributed by atoms with Crippen LogP contribution in [0, 0.1) is 0 Å². The van der Waals surface area contributed by atoms with Gasteiger partial charge in [0.2, 0.25) is 0 Å². The van der Waals surface area contributed by atoms with Gasteiger partial charge in [-0.3, -0.25) is 9.88 Å². The van der Waals surface area contributed by atoms with Gasteiger partial charge in [-0.15, -0.1) is 11.3 Å². The summed E-state index contributed by atoms with van der Waals surface area (Å²) in [5.41, 5.74) is 4.27. The van der Waals surface area contributed by atoms with Gasteiger partial charge in [0.25, 0.3) is 0 Å². The molecule has 1 fully saturated rings. The van der Waals surface area contributed by atoms with E-state index in [-0.39, 0.29) is 6.03 Å². The molecule has 0 saturated carbocycles. The van der Waals surface area contributed by atoms with Crippen molar-refractivity contribution in [1.82, 2.24) is 25.1 Å². The maximum Gasteiger partial charge on any atom is 0.317 e. The van der Waals surface area contributed by atoms with Gasteiger partial charge in [0.05, 0.1) is 12.1 Å². The number of nitrogens with one attached hydrogen (secondary N) is 2. The monoisotopic (exact) mass is 355 g/mol. The summed E-state index contributed by atoms with van der Waals surface area (Å²) in [6, 6.07) is 8.65. The number of piperazine rings is 1. The minimum Gasteiger partial charge on any atom is -0.361 e.